The molecule has 0 aliphatic heterocycles. The summed E-state index contributed by atoms with van der Waals surface area (Å²) in [7, 11) is -2.12. The number of hydrogen-bond donors (Lipinski definition) is 1. The fraction of sp³-hybridized carbons (Fsp3) is 0.800. The van der Waals surface area contributed by atoms with Crippen LogP contribution in [0, 0.1) is 0 Å². The normalized spacial score (nSPS) is 15.7. The molecule has 0 unspecified atom stereocenters. The van der Waals surface area contributed by atoms with Gasteiger partial charge in [-0.1, -0.05) is 19.3 Å². The molecule has 0 heterocycles. The maximum Gasteiger partial charge on any atom is 0.352 e. The first kappa shape index (κ1) is 15.9. The third kappa shape index (κ3) is 9.80. The molecular weight excluding hydrogens is 248 g/mol. The van der Waals surface area contributed by atoms with Gasteiger partial charge in [-0.2, -0.15) is 0 Å². The second kappa shape index (κ2) is 8.98. The fourth-order valence-electron chi connectivity index (χ4n) is 1.41. The van der Waals surface area contributed by atoms with Crippen molar-refractivity contribution in [2.75, 3.05) is 0 Å². The smallest absolute Gasteiger partial charge is 0.248 e. The largest absolute Gasteiger partial charge is 0.352 e. The van der Waals surface area contributed by atoms with E-state index >= 15 is 0 Å². The van der Waals surface area contributed by atoms with E-state index in [2.05, 4.69) is 9.78 Å². The van der Waals surface area contributed by atoms with Gasteiger partial charge >= 0.3 is 11.9 Å². The van der Waals surface area contributed by atoms with Gasteiger partial charge in [0.2, 0.25) is 0 Å². The highest BCUT2D eigenvalue weighted by atomic mass is 32.2. The molecule has 0 aromatic heterocycles. The van der Waals surface area contributed by atoms with Crippen LogP contribution in [-0.4, -0.2) is 25.6 Å². The number of carbonyl (C=O) groups excluding carboxylic acids is 2. The first-order chi connectivity index (χ1) is 7.93. The minimum atomic E-state index is -2.12. The molecule has 1 aliphatic carbocycles. The molecule has 0 N–H and O–H groups in total. The average Bonchev–Trinajstić information content (AvgIpc) is 2.28. The Labute approximate surface area is 102 Å². The van der Waals surface area contributed by atoms with Crippen LogP contribution in [0.3, 0.4) is 0 Å². The maximum atomic E-state index is 10.4. The monoisotopic (exact) mass is 266 g/mol. The lowest BCUT2D eigenvalue weighted by Crippen LogP contribution is -2.13. The highest BCUT2D eigenvalue weighted by molar-refractivity contribution is 7.73. The molecule has 1 rings (SSSR count). The second-order valence-corrected chi connectivity index (χ2v) is 5.03. The molecule has 1 fully saturated rings. The molecule has 17 heavy (non-hydrogen) atoms. The summed E-state index contributed by atoms with van der Waals surface area (Å²) in [6, 6.07) is 0. The van der Waals surface area contributed by atoms with E-state index in [1.54, 1.807) is 0 Å². The molecule has 0 radical (unpaired) electrons. The summed E-state index contributed by atoms with van der Waals surface area (Å²) >= 11 is 0. The summed E-state index contributed by atoms with van der Waals surface area (Å²) in [5, 5.41) is 0.00810. The number of hydrogen-bond acceptors (Lipinski definition) is 6. The Bertz CT molecular complexity index is 295. The van der Waals surface area contributed by atoms with E-state index < -0.39 is 22.6 Å². The number of thiol groups is 1. The van der Waals surface area contributed by atoms with Gasteiger partial charge < -0.3 is 0 Å². The predicted molar refractivity (Wildman–Crippen MR) is 60.7 cm³/mol. The van der Waals surface area contributed by atoms with E-state index in [0.717, 1.165) is 39.5 Å². The van der Waals surface area contributed by atoms with Crippen molar-refractivity contribution in [2.24, 2.45) is 0 Å². The molecule has 100 valence electrons. The number of rotatable bonds is 1. The Morgan fingerprint density at radius 3 is 1.59 bits per heavy atom. The summed E-state index contributed by atoms with van der Waals surface area (Å²) < 4.78 is 20.8. The predicted octanol–water partition coefficient (Wildman–Crippen LogP) is 0.958. The van der Waals surface area contributed by atoms with Crippen molar-refractivity contribution in [2.45, 2.75) is 51.2 Å². The van der Waals surface area contributed by atoms with Crippen molar-refractivity contribution in [3.8, 4) is 0 Å². The lowest BCUT2D eigenvalue weighted by Gasteiger charge is -2.14. The van der Waals surface area contributed by atoms with E-state index in [1.807, 2.05) is 0 Å². The quantitative estimate of drug-likeness (QED) is 0.432. The van der Waals surface area contributed by atoms with Gasteiger partial charge in [0, 0.05) is 13.8 Å². The molecule has 6 nitrogen and oxygen atoms in total. The SMILES string of the molecule is CC(=O)OOC(C)=O.O=[SH](=O)C1CCCCC1. The van der Waals surface area contributed by atoms with Crippen LogP contribution >= 0.6 is 0 Å². The molecule has 0 bridgehead atoms. The van der Waals surface area contributed by atoms with Crippen LogP contribution in [0.2, 0.25) is 0 Å². The zero-order valence-electron chi connectivity index (χ0n) is 10.0. The second-order valence-electron chi connectivity index (χ2n) is 3.73. The summed E-state index contributed by atoms with van der Waals surface area (Å²) in [6.07, 6.45) is 5.24. The third-order valence-corrected chi connectivity index (χ3v) is 3.26. The van der Waals surface area contributed by atoms with Crippen molar-refractivity contribution in [3.63, 3.8) is 0 Å². The highest BCUT2D eigenvalue weighted by Crippen LogP contribution is 2.19. The van der Waals surface area contributed by atoms with Crippen LogP contribution in [-0.2, 0) is 30.1 Å². The van der Waals surface area contributed by atoms with Gasteiger partial charge in [0.1, 0.15) is 10.7 Å². The minimum absolute atomic E-state index is 0.00810. The number of carbonyl (C=O) groups is 2. The lowest BCUT2D eigenvalue weighted by atomic mass is 10.0. The van der Waals surface area contributed by atoms with Crippen molar-refractivity contribution in [3.05, 3.63) is 0 Å². The van der Waals surface area contributed by atoms with E-state index in [0.29, 0.717) is 0 Å². The van der Waals surface area contributed by atoms with E-state index in [-0.39, 0.29) is 5.25 Å². The highest BCUT2D eigenvalue weighted by Gasteiger charge is 2.14. The molecule has 0 aromatic rings. The van der Waals surface area contributed by atoms with Crippen molar-refractivity contribution < 1.29 is 27.8 Å². The maximum absolute atomic E-state index is 10.4. The Balaban J connectivity index is 0.000000304. The fourth-order valence-corrected chi connectivity index (χ4v) is 2.20. The zero-order valence-corrected chi connectivity index (χ0v) is 10.9. The van der Waals surface area contributed by atoms with Crippen LogP contribution in [0.25, 0.3) is 0 Å². The average molecular weight is 266 g/mol. The van der Waals surface area contributed by atoms with Crippen LogP contribution < -0.4 is 0 Å². The van der Waals surface area contributed by atoms with Gasteiger partial charge in [-0.25, -0.2) is 27.8 Å². The first-order valence-corrected chi connectivity index (χ1v) is 6.67. The Morgan fingerprint density at radius 2 is 1.35 bits per heavy atom. The molecule has 7 heteroatoms. The van der Waals surface area contributed by atoms with Crippen LogP contribution in [0.5, 0.6) is 0 Å². The van der Waals surface area contributed by atoms with Crippen molar-refractivity contribution >= 4 is 22.6 Å². The minimum Gasteiger partial charge on any atom is -0.248 e. The molecule has 0 atom stereocenters. The molecule has 0 saturated heterocycles. The molecular formula is C10H18O6S. The van der Waals surface area contributed by atoms with Crippen molar-refractivity contribution in [1.29, 1.82) is 0 Å². The van der Waals surface area contributed by atoms with Gasteiger partial charge in [0.25, 0.3) is 0 Å². The van der Waals surface area contributed by atoms with E-state index in [9.17, 15) is 18.0 Å². The Hall–Kier alpha value is -1.11. The standard InChI is InChI=1S/C6H12O2S.C4H6O4/c7-9(8)6-4-2-1-3-5-6;1-3(5)7-8-4(2)6/h6,9H,1-5H2;1-2H3. The van der Waals surface area contributed by atoms with Gasteiger partial charge in [0.05, 0.1) is 5.25 Å². The Morgan fingerprint density at radius 1 is 0.941 bits per heavy atom. The molecule has 0 spiro atoms. The van der Waals surface area contributed by atoms with Crippen LogP contribution in [0.15, 0.2) is 0 Å². The summed E-state index contributed by atoms with van der Waals surface area (Å²) in [6.45, 7) is 2.28. The lowest BCUT2D eigenvalue weighted by molar-refractivity contribution is -0.255. The molecule has 1 aliphatic rings. The van der Waals surface area contributed by atoms with Gasteiger partial charge in [-0.15, -0.1) is 0 Å². The van der Waals surface area contributed by atoms with Crippen molar-refractivity contribution in [1.82, 2.24) is 0 Å². The van der Waals surface area contributed by atoms with Gasteiger partial charge in [-0.3, -0.25) is 0 Å². The zero-order chi connectivity index (χ0) is 13.3. The van der Waals surface area contributed by atoms with Gasteiger partial charge in [-0.05, 0) is 12.8 Å². The van der Waals surface area contributed by atoms with Crippen LogP contribution in [0.4, 0.5) is 0 Å². The Kier molecular flexibility index (Phi) is 8.39. The van der Waals surface area contributed by atoms with Gasteiger partial charge in [0.15, 0.2) is 0 Å². The van der Waals surface area contributed by atoms with E-state index in [1.165, 1.54) is 6.42 Å². The molecule has 1 saturated carbocycles. The molecule has 0 amide bonds. The summed E-state index contributed by atoms with van der Waals surface area (Å²) in [5.74, 6) is -1.28. The third-order valence-electron chi connectivity index (χ3n) is 2.15. The molecule has 0 aromatic carbocycles. The summed E-state index contributed by atoms with van der Waals surface area (Å²) in [4.78, 5) is 27.3. The summed E-state index contributed by atoms with van der Waals surface area (Å²) in [5.41, 5.74) is 0. The van der Waals surface area contributed by atoms with E-state index in [4.69, 9.17) is 0 Å². The van der Waals surface area contributed by atoms with Crippen LogP contribution in [0.1, 0.15) is 46.0 Å². The first-order valence-electron chi connectivity index (χ1n) is 5.42. The topological polar surface area (TPSA) is 86.7 Å².